The molecule has 18 heavy (non-hydrogen) atoms. The van der Waals surface area contributed by atoms with Crippen molar-refractivity contribution in [1.29, 1.82) is 0 Å². The number of hydrogen-bond donors (Lipinski definition) is 1. The summed E-state index contributed by atoms with van der Waals surface area (Å²) in [5.41, 5.74) is 1.08. The third-order valence-electron chi connectivity index (χ3n) is 3.42. The number of piperidine rings is 1. The summed E-state index contributed by atoms with van der Waals surface area (Å²) in [4.78, 5) is 11.5. The molecular weight excluding hydrogens is 233 g/mol. The van der Waals surface area contributed by atoms with Gasteiger partial charge in [-0.25, -0.2) is 4.39 Å². The lowest BCUT2D eigenvalue weighted by Crippen LogP contribution is -2.42. The largest absolute Gasteiger partial charge is 0.469 e. The second-order valence-electron chi connectivity index (χ2n) is 4.73. The average molecular weight is 251 g/mol. The Hall–Kier alpha value is -1.42. The molecule has 1 fully saturated rings. The van der Waals surface area contributed by atoms with Crippen LogP contribution in [0.25, 0.3) is 0 Å². The predicted octanol–water partition coefficient (Wildman–Crippen LogP) is 1.91. The highest BCUT2D eigenvalue weighted by molar-refractivity contribution is 5.72. The van der Waals surface area contributed by atoms with Gasteiger partial charge in [0.25, 0.3) is 0 Å². The first-order chi connectivity index (χ1) is 8.69. The topological polar surface area (TPSA) is 38.3 Å². The number of rotatable bonds is 3. The third kappa shape index (κ3) is 3.29. The summed E-state index contributed by atoms with van der Waals surface area (Å²) in [6.07, 6.45) is 2.42. The standard InChI is InChI=1S/C14H18FNO2/c1-18-14(17)11-6-7-16-13(9-11)8-10-2-4-12(15)5-3-10/h2-5,11,13,16H,6-9H2,1H3. The Labute approximate surface area is 106 Å². The molecule has 1 saturated heterocycles. The number of methoxy groups -OCH3 is 1. The summed E-state index contributed by atoms with van der Waals surface area (Å²) in [5, 5.41) is 3.39. The number of ether oxygens (including phenoxy) is 1. The minimum absolute atomic E-state index is 0.0123. The van der Waals surface area contributed by atoms with Gasteiger partial charge in [-0.1, -0.05) is 12.1 Å². The van der Waals surface area contributed by atoms with Gasteiger partial charge in [0.2, 0.25) is 0 Å². The molecule has 1 aliphatic rings. The molecule has 98 valence electrons. The zero-order valence-corrected chi connectivity index (χ0v) is 10.5. The number of esters is 1. The fraction of sp³-hybridized carbons (Fsp3) is 0.500. The molecule has 0 radical (unpaired) electrons. The summed E-state index contributed by atoms with van der Waals surface area (Å²) in [5.74, 6) is -0.356. The smallest absolute Gasteiger partial charge is 0.308 e. The van der Waals surface area contributed by atoms with Crippen molar-refractivity contribution in [2.45, 2.75) is 25.3 Å². The van der Waals surface area contributed by atoms with Crippen molar-refractivity contribution in [3.05, 3.63) is 35.6 Å². The van der Waals surface area contributed by atoms with Crippen molar-refractivity contribution in [1.82, 2.24) is 5.32 Å². The summed E-state index contributed by atoms with van der Waals surface area (Å²) in [6, 6.07) is 6.77. The van der Waals surface area contributed by atoms with E-state index in [9.17, 15) is 9.18 Å². The van der Waals surface area contributed by atoms with Crippen LogP contribution < -0.4 is 5.32 Å². The van der Waals surface area contributed by atoms with Crippen LogP contribution in [0, 0.1) is 11.7 Å². The molecule has 0 spiro atoms. The van der Waals surface area contributed by atoms with Crippen molar-refractivity contribution < 1.29 is 13.9 Å². The highest BCUT2D eigenvalue weighted by Gasteiger charge is 2.27. The lowest BCUT2D eigenvalue weighted by atomic mass is 9.89. The van der Waals surface area contributed by atoms with Crippen LogP contribution in [0.4, 0.5) is 4.39 Å². The number of carbonyl (C=O) groups excluding carboxylic acids is 1. The van der Waals surface area contributed by atoms with Crippen LogP contribution in [0.1, 0.15) is 18.4 Å². The lowest BCUT2D eigenvalue weighted by Gasteiger charge is -2.28. The Kier molecular flexibility index (Phi) is 4.31. The number of hydrogen-bond acceptors (Lipinski definition) is 3. The molecule has 2 unspecified atom stereocenters. The lowest BCUT2D eigenvalue weighted by molar-refractivity contribution is -0.146. The number of carbonyl (C=O) groups is 1. The predicted molar refractivity (Wildman–Crippen MR) is 66.6 cm³/mol. The monoisotopic (exact) mass is 251 g/mol. The quantitative estimate of drug-likeness (QED) is 0.834. The van der Waals surface area contributed by atoms with Gasteiger partial charge >= 0.3 is 5.97 Å². The minimum atomic E-state index is -0.220. The molecule has 1 aromatic carbocycles. The highest BCUT2D eigenvalue weighted by atomic mass is 19.1. The van der Waals surface area contributed by atoms with E-state index in [1.54, 1.807) is 12.1 Å². The van der Waals surface area contributed by atoms with Gasteiger partial charge in [-0.3, -0.25) is 4.79 Å². The molecule has 2 atom stereocenters. The van der Waals surface area contributed by atoms with Crippen LogP contribution in [-0.4, -0.2) is 25.7 Å². The fourth-order valence-corrected chi connectivity index (χ4v) is 2.45. The molecule has 4 heteroatoms. The number of halogens is 1. The van der Waals surface area contributed by atoms with E-state index in [0.29, 0.717) is 0 Å². The molecule has 0 amide bonds. The Morgan fingerprint density at radius 2 is 2.17 bits per heavy atom. The van der Waals surface area contributed by atoms with Crippen LogP contribution in [0.2, 0.25) is 0 Å². The van der Waals surface area contributed by atoms with Crippen molar-refractivity contribution in [3.8, 4) is 0 Å². The molecule has 0 aliphatic carbocycles. The summed E-state index contributed by atoms with van der Waals surface area (Å²) < 4.78 is 17.6. The van der Waals surface area contributed by atoms with Crippen molar-refractivity contribution in [2.24, 2.45) is 5.92 Å². The van der Waals surface area contributed by atoms with Gasteiger partial charge in [0.15, 0.2) is 0 Å². The maximum Gasteiger partial charge on any atom is 0.308 e. The SMILES string of the molecule is COC(=O)C1CCNC(Cc2ccc(F)cc2)C1. The van der Waals surface area contributed by atoms with Crippen molar-refractivity contribution >= 4 is 5.97 Å². The molecule has 1 aromatic rings. The zero-order chi connectivity index (χ0) is 13.0. The van der Waals surface area contributed by atoms with E-state index in [2.05, 4.69) is 5.32 Å². The maximum atomic E-state index is 12.8. The van der Waals surface area contributed by atoms with E-state index in [-0.39, 0.29) is 23.7 Å². The van der Waals surface area contributed by atoms with E-state index in [0.717, 1.165) is 31.4 Å². The summed E-state index contributed by atoms with van der Waals surface area (Å²) >= 11 is 0. The van der Waals surface area contributed by atoms with Crippen LogP contribution in [0.15, 0.2) is 24.3 Å². The second-order valence-corrected chi connectivity index (χ2v) is 4.73. The van der Waals surface area contributed by atoms with E-state index in [1.165, 1.54) is 19.2 Å². The van der Waals surface area contributed by atoms with Crippen molar-refractivity contribution in [3.63, 3.8) is 0 Å². The first kappa shape index (κ1) is 13.0. The van der Waals surface area contributed by atoms with Gasteiger partial charge in [-0.2, -0.15) is 0 Å². The highest BCUT2D eigenvalue weighted by Crippen LogP contribution is 2.20. The number of nitrogens with one attached hydrogen (secondary N) is 1. The molecule has 1 aliphatic heterocycles. The molecular formula is C14H18FNO2. The Balaban J connectivity index is 1.93. The second kappa shape index (κ2) is 5.96. The van der Waals surface area contributed by atoms with Gasteiger partial charge in [-0.15, -0.1) is 0 Å². The van der Waals surface area contributed by atoms with Gasteiger partial charge in [0.1, 0.15) is 5.82 Å². The van der Waals surface area contributed by atoms with Crippen LogP contribution in [0.5, 0.6) is 0 Å². The van der Waals surface area contributed by atoms with E-state index >= 15 is 0 Å². The zero-order valence-electron chi connectivity index (χ0n) is 10.5. The normalized spacial score (nSPS) is 23.7. The van der Waals surface area contributed by atoms with Crippen LogP contribution >= 0.6 is 0 Å². The van der Waals surface area contributed by atoms with Gasteiger partial charge < -0.3 is 10.1 Å². The first-order valence-electron chi connectivity index (χ1n) is 6.24. The van der Waals surface area contributed by atoms with Crippen LogP contribution in [0.3, 0.4) is 0 Å². The Bertz CT molecular complexity index is 405. The fourth-order valence-electron chi connectivity index (χ4n) is 2.45. The van der Waals surface area contributed by atoms with Crippen molar-refractivity contribution in [2.75, 3.05) is 13.7 Å². The summed E-state index contributed by atoms with van der Waals surface area (Å²) in [7, 11) is 1.43. The van der Waals surface area contributed by atoms with Crippen LogP contribution in [-0.2, 0) is 16.0 Å². The molecule has 0 bridgehead atoms. The average Bonchev–Trinajstić information content (AvgIpc) is 2.41. The molecule has 2 rings (SSSR count). The first-order valence-corrected chi connectivity index (χ1v) is 6.24. The third-order valence-corrected chi connectivity index (χ3v) is 3.42. The summed E-state index contributed by atoms with van der Waals surface area (Å²) in [6.45, 7) is 0.825. The molecule has 3 nitrogen and oxygen atoms in total. The number of benzene rings is 1. The molecule has 1 heterocycles. The van der Waals surface area contributed by atoms with E-state index in [1.807, 2.05) is 0 Å². The molecule has 1 N–H and O–H groups in total. The molecule has 0 aromatic heterocycles. The Morgan fingerprint density at radius 1 is 1.44 bits per heavy atom. The maximum absolute atomic E-state index is 12.8. The molecule has 0 saturated carbocycles. The van der Waals surface area contributed by atoms with Gasteiger partial charge in [0, 0.05) is 6.04 Å². The van der Waals surface area contributed by atoms with Gasteiger partial charge in [0.05, 0.1) is 13.0 Å². The van der Waals surface area contributed by atoms with E-state index in [4.69, 9.17) is 4.74 Å². The Morgan fingerprint density at radius 3 is 2.83 bits per heavy atom. The minimum Gasteiger partial charge on any atom is -0.469 e. The van der Waals surface area contributed by atoms with Gasteiger partial charge in [-0.05, 0) is 43.5 Å². The van der Waals surface area contributed by atoms with E-state index < -0.39 is 0 Å².